The number of hydrogen-bond acceptors (Lipinski definition) is 4. The van der Waals surface area contributed by atoms with Gasteiger partial charge in [-0.2, -0.15) is 0 Å². The van der Waals surface area contributed by atoms with Gasteiger partial charge in [-0.15, -0.1) is 0 Å². The van der Waals surface area contributed by atoms with Crippen molar-refractivity contribution in [3.8, 4) is 0 Å². The van der Waals surface area contributed by atoms with Gasteiger partial charge in [0, 0.05) is 39.3 Å². The molecule has 1 aromatic rings. The fraction of sp³-hybridized carbons (Fsp3) is 0.643. The molecule has 3 heterocycles. The number of anilines is 1. The van der Waals surface area contributed by atoms with Gasteiger partial charge in [-0.25, -0.2) is 4.98 Å². The summed E-state index contributed by atoms with van der Waals surface area (Å²) in [5.74, 6) is 1.10. The molecule has 98 valence electrons. The highest BCUT2D eigenvalue weighted by molar-refractivity contribution is 5.45. The van der Waals surface area contributed by atoms with Crippen LogP contribution in [0.15, 0.2) is 12.1 Å². The number of aromatic nitrogens is 1. The molecule has 4 heteroatoms. The molecular weight excluding hydrogens is 226 g/mol. The maximum atomic E-state index is 5.30. The van der Waals surface area contributed by atoms with Crippen molar-refractivity contribution in [3.05, 3.63) is 23.4 Å². The van der Waals surface area contributed by atoms with Gasteiger partial charge in [0.05, 0.1) is 11.8 Å². The van der Waals surface area contributed by atoms with E-state index in [-0.39, 0.29) is 0 Å². The van der Waals surface area contributed by atoms with Crippen molar-refractivity contribution < 1.29 is 4.74 Å². The summed E-state index contributed by atoms with van der Waals surface area (Å²) in [6, 6.07) is 4.97. The van der Waals surface area contributed by atoms with Crippen LogP contribution in [0.5, 0.6) is 0 Å². The zero-order chi connectivity index (χ0) is 12.7. The first-order chi connectivity index (χ1) is 8.67. The third kappa shape index (κ3) is 1.99. The average Bonchev–Trinajstić information content (AvgIpc) is 2.70. The van der Waals surface area contributed by atoms with Gasteiger partial charge >= 0.3 is 0 Å². The molecule has 0 aromatic carbocycles. The lowest BCUT2D eigenvalue weighted by Crippen LogP contribution is -2.52. The van der Waals surface area contributed by atoms with Crippen molar-refractivity contribution in [3.63, 3.8) is 0 Å². The Bertz CT molecular complexity index is 441. The summed E-state index contributed by atoms with van der Waals surface area (Å²) in [6.45, 7) is 8.45. The zero-order valence-corrected chi connectivity index (χ0v) is 11.4. The van der Waals surface area contributed by atoms with E-state index in [1.807, 2.05) is 0 Å². The maximum Gasteiger partial charge on any atom is 0.129 e. The Kier molecular flexibility index (Phi) is 2.99. The number of ether oxygens (including phenoxy) is 1. The lowest BCUT2D eigenvalue weighted by molar-refractivity contribution is 0.0783. The minimum Gasteiger partial charge on any atom is -0.378 e. The molecule has 2 aliphatic rings. The van der Waals surface area contributed by atoms with E-state index in [9.17, 15) is 0 Å². The predicted molar refractivity (Wildman–Crippen MR) is 71.6 cm³/mol. The van der Waals surface area contributed by atoms with E-state index in [1.54, 1.807) is 7.11 Å². The lowest BCUT2D eigenvalue weighted by Gasteiger charge is -2.39. The topological polar surface area (TPSA) is 28.6 Å². The number of nitrogens with zero attached hydrogens (tertiary/aromatic N) is 3. The van der Waals surface area contributed by atoms with Gasteiger partial charge in [-0.05, 0) is 25.5 Å². The van der Waals surface area contributed by atoms with E-state index in [0.29, 0.717) is 12.1 Å². The second-order valence-corrected chi connectivity index (χ2v) is 5.54. The van der Waals surface area contributed by atoms with Crippen molar-refractivity contribution in [1.82, 2.24) is 9.88 Å². The Morgan fingerprint density at radius 1 is 1.28 bits per heavy atom. The molecule has 0 atom stereocenters. The highest BCUT2D eigenvalue weighted by Crippen LogP contribution is 2.27. The van der Waals surface area contributed by atoms with Crippen molar-refractivity contribution in [2.24, 2.45) is 0 Å². The predicted octanol–water partition coefficient (Wildman–Crippen LogP) is 1.64. The van der Waals surface area contributed by atoms with E-state index < -0.39 is 0 Å². The first-order valence-electron chi connectivity index (χ1n) is 6.68. The van der Waals surface area contributed by atoms with Crippen LogP contribution in [0.4, 0.5) is 5.82 Å². The standard InChI is InChI=1S/C14H21N3O/c1-10(2)16-6-11-4-5-14(15-13(11)9-16)17-7-12(8-17)18-3/h4-5,10,12H,6-9H2,1-3H3. The van der Waals surface area contributed by atoms with E-state index in [0.717, 1.165) is 32.0 Å². The number of pyridine rings is 1. The first-order valence-corrected chi connectivity index (χ1v) is 6.68. The van der Waals surface area contributed by atoms with Gasteiger partial charge in [-0.3, -0.25) is 4.90 Å². The van der Waals surface area contributed by atoms with Crippen LogP contribution in [-0.2, 0) is 17.8 Å². The van der Waals surface area contributed by atoms with Crippen LogP contribution in [0.3, 0.4) is 0 Å². The Morgan fingerprint density at radius 3 is 2.72 bits per heavy atom. The van der Waals surface area contributed by atoms with Crippen LogP contribution >= 0.6 is 0 Å². The summed E-state index contributed by atoms with van der Waals surface area (Å²) in [5.41, 5.74) is 2.64. The molecule has 0 bridgehead atoms. The second-order valence-electron chi connectivity index (χ2n) is 5.54. The Hall–Kier alpha value is -1.13. The Balaban J connectivity index is 1.72. The van der Waals surface area contributed by atoms with E-state index in [2.05, 4.69) is 35.8 Å². The second kappa shape index (κ2) is 4.52. The van der Waals surface area contributed by atoms with Crippen molar-refractivity contribution >= 4 is 5.82 Å². The van der Waals surface area contributed by atoms with Crippen LogP contribution in [-0.4, -0.2) is 42.2 Å². The van der Waals surface area contributed by atoms with Crippen LogP contribution < -0.4 is 4.90 Å². The van der Waals surface area contributed by atoms with Crippen molar-refractivity contribution in [2.75, 3.05) is 25.1 Å². The summed E-state index contributed by atoms with van der Waals surface area (Å²) >= 11 is 0. The highest BCUT2D eigenvalue weighted by atomic mass is 16.5. The van der Waals surface area contributed by atoms with Crippen LogP contribution in [0.2, 0.25) is 0 Å². The van der Waals surface area contributed by atoms with Crippen LogP contribution in [0.1, 0.15) is 25.1 Å². The van der Waals surface area contributed by atoms with Gasteiger partial charge in [0.2, 0.25) is 0 Å². The van der Waals surface area contributed by atoms with E-state index >= 15 is 0 Å². The molecule has 0 N–H and O–H groups in total. The number of fused-ring (bicyclic) bond motifs is 1. The largest absolute Gasteiger partial charge is 0.378 e. The molecule has 0 unspecified atom stereocenters. The molecule has 0 amide bonds. The smallest absolute Gasteiger partial charge is 0.129 e. The Labute approximate surface area is 109 Å². The van der Waals surface area contributed by atoms with Crippen LogP contribution in [0, 0.1) is 0 Å². The molecular formula is C14H21N3O. The quantitative estimate of drug-likeness (QED) is 0.812. The molecule has 2 aliphatic heterocycles. The fourth-order valence-electron chi connectivity index (χ4n) is 2.58. The van der Waals surface area contributed by atoms with Gasteiger partial charge in [0.15, 0.2) is 0 Å². The normalized spacial score (nSPS) is 20.3. The minimum atomic E-state index is 0.382. The van der Waals surface area contributed by atoms with Gasteiger partial charge in [-0.1, -0.05) is 6.07 Å². The SMILES string of the molecule is COC1CN(c2ccc3c(n2)CN(C(C)C)C3)C1. The molecule has 4 nitrogen and oxygen atoms in total. The van der Waals surface area contributed by atoms with Gasteiger partial charge in [0.1, 0.15) is 5.82 Å². The summed E-state index contributed by atoms with van der Waals surface area (Å²) in [7, 11) is 1.78. The third-order valence-corrected chi connectivity index (χ3v) is 4.02. The summed E-state index contributed by atoms with van der Waals surface area (Å²) in [5, 5.41) is 0. The molecule has 1 saturated heterocycles. The van der Waals surface area contributed by atoms with Gasteiger partial charge in [0.25, 0.3) is 0 Å². The molecule has 0 saturated carbocycles. The lowest BCUT2D eigenvalue weighted by atomic mass is 10.1. The molecule has 0 radical (unpaired) electrons. The molecule has 0 aliphatic carbocycles. The summed E-state index contributed by atoms with van der Waals surface area (Å²) < 4.78 is 5.30. The van der Waals surface area contributed by atoms with Crippen molar-refractivity contribution in [1.29, 1.82) is 0 Å². The van der Waals surface area contributed by atoms with Crippen molar-refractivity contribution in [2.45, 2.75) is 39.1 Å². The van der Waals surface area contributed by atoms with Crippen LogP contribution in [0.25, 0.3) is 0 Å². The molecule has 18 heavy (non-hydrogen) atoms. The zero-order valence-electron chi connectivity index (χ0n) is 11.4. The number of methoxy groups -OCH3 is 1. The minimum absolute atomic E-state index is 0.382. The number of rotatable bonds is 3. The first kappa shape index (κ1) is 11.9. The third-order valence-electron chi connectivity index (χ3n) is 4.02. The monoisotopic (exact) mass is 247 g/mol. The van der Waals surface area contributed by atoms with E-state index in [4.69, 9.17) is 9.72 Å². The molecule has 1 aromatic heterocycles. The maximum absolute atomic E-state index is 5.30. The molecule has 1 fully saturated rings. The van der Waals surface area contributed by atoms with Gasteiger partial charge < -0.3 is 9.64 Å². The summed E-state index contributed by atoms with van der Waals surface area (Å²) in [6.07, 6.45) is 0.382. The molecule has 0 spiro atoms. The highest BCUT2D eigenvalue weighted by Gasteiger charge is 2.29. The Morgan fingerprint density at radius 2 is 2.06 bits per heavy atom. The molecule has 3 rings (SSSR count). The average molecular weight is 247 g/mol. The number of hydrogen-bond donors (Lipinski definition) is 0. The summed E-state index contributed by atoms with van der Waals surface area (Å²) in [4.78, 5) is 9.54. The fourth-order valence-corrected chi connectivity index (χ4v) is 2.58. The van der Waals surface area contributed by atoms with E-state index in [1.165, 1.54) is 11.3 Å².